The van der Waals surface area contributed by atoms with Crippen molar-refractivity contribution in [1.82, 2.24) is 14.9 Å². The quantitative estimate of drug-likeness (QED) is 0.871. The molecule has 0 aromatic carbocycles. The van der Waals surface area contributed by atoms with Crippen LogP contribution < -0.4 is 5.32 Å². The van der Waals surface area contributed by atoms with Gasteiger partial charge in [0.15, 0.2) is 11.6 Å². The summed E-state index contributed by atoms with van der Waals surface area (Å²) >= 11 is 0. The highest BCUT2D eigenvalue weighted by Crippen LogP contribution is 2.13. The Balaban J connectivity index is 1.82. The van der Waals surface area contributed by atoms with E-state index in [0.717, 1.165) is 26.2 Å². The monoisotopic (exact) mass is 252 g/mol. The lowest BCUT2D eigenvalue weighted by Crippen LogP contribution is -2.33. The topological polar surface area (TPSA) is 41.1 Å². The first-order chi connectivity index (χ1) is 8.81. The molecule has 0 bridgehead atoms. The van der Waals surface area contributed by atoms with Crippen molar-refractivity contribution < 1.29 is 4.39 Å². The van der Waals surface area contributed by atoms with Crippen LogP contribution in [0.3, 0.4) is 0 Å². The van der Waals surface area contributed by atoms with Gasteiger partial charge in [0.2, 0.25) is 0 Å². The smallest absolute Gasteiger partial charge is 0.186 e. The first-order valence-electron chi connectivity index (χ1n) is 6.77. The molecule has 2 heterocycles. The van der Waals surface area contributed by atoms with Crippen molar-refractivity contribution in [3.63, 3.8) is 0 Å². The van der Waals surface area contributed by atoms with Gasteiger partial charge in [-0.25, -0.2) is 14.4 Å². The van der Waals surface area contributed by atoms with Gasteiger partial charge in [-0.3, -0.25) is 0 Å². The van der Waals surface area contributed by atoms with E-state index >= 15 is 0 Å². The Morgan fingerprint density at radius 1 is 1.28 bits per heavy atom. The van der Waals surface area contributed by atoms with Crippen LogP contribution in [0.4, 0.5) is 10.2 Å². The highest BCUT2D eigenvalue weighted by molar-refractivity contribution is 5.37. The fourth-order valence-corrected chi connectivity index (χ4v) is 2.29. The standard InChI is InChI=1S/C13H21FN4/c1-2-11-12(14)13(17-10-16-11)15-6-9-18-7-4-3-5-8-18/h10H,2-9H2,1H3,(H,15,16,17). The lowest BCUT2D eigenvalue weighted by atomic mass is 10.1. The molecule has 2 rings (SSSR count). The Kier molecular flexibility index (Phi) is 4.87. The summed E-state index contributed by atoms with van der Waals surface area (Å²) in [7, 11) is 0. The van der Waals surface area contributed by atoms with Crippen molar-refractivity contribution in [2.75, 3.05) is 31.5 Å². The normalized spacial score (nSPS) is 16.8. The fraction of sp³-hybridized carbons (Fsp3) is 0.692. The van der Waals surface area contributed by atoms with Gasteiger partial charge in [-0.1, -0.05) is 13.3 Å². The molecule has 0 aliphatic carbocycles. The van der Waals surface area contributed by atoms with Gasteiger partial charge in [-0.05, 0) is 32.4 Å². The SMILES string of the molecule is CCc1ncnc(NCCN2CCCCC2)c1F. The maximum absolute atomic E-state index is 13.8. The number of aromatic nitrogens is 2. The number of halogens is 1. The van der Waals surface area contributed by atoms with Crippen LogP contribution in [0.1, 0.15) is 31.9 Å². The summed E-state index contributed by atoms with van der Waals surface area (Å²) in [6, 6.07) is 0. The van der Waals surface area contributed by atoms with Gasteiger partial charge in [0.25, 0.3) is 0 Å². The van der Waals surface area contributed by atoms with E-state index in [2.05, 4.69) is 20.2 Å². The maximum Gasteiger partial charge on any atom is 0.186 e. The van der Waals surface area contributed by atoms with Crippen LogP contribution in [-0.4, -0.2) is 41.0 Å². The van der Waals surface area contributed by atoms with E-state index in [1.165, 1.54) is 25.6 Å². The van der Waals surface area contributed by atoms with Crippen LogP contribution >= 0.6 is 0 Å². The molecule has 0 atom stereocenters. The third-order valence-electron chi connectivity index (χ3n) is 3.37. The van der Waals surface area contributed by atoms with Crippen LogP contribution in [-0.2, 0) is 6.42 Å². The molecule has 0 spiro atoms. The van der Waals surface area contributed by atoms with E-state index in [0.29, 0.717) is 17.9 Å². The molecule has 5 heteroatoms. The number of rotatable bonds is 5. The van der Waals surface area contributed by atoms with Crippen molar-refractivity contribution in [3.05, 3.63) is 17.8 Å². The van der Waals surface area contributed by atoms with Gasteiger partial charge >= 0.3 is 0 Å². The molecule has 0 radical (unpaired) electrons. The average Bonchev–Trinajstić information content (AvgIpc) is 2.42. The molecule has 1 aromatic rings. The second kappa shape index (κ2) is 6.64. The Bertz CT molecular complexity index is 377. The summed E-state index contributed by atoms with van der Waals surface area (Å²) in [6.45, 7) is 5.90. The average molecular weight is 252 g/mol. The Hall–Kier alpha value is -1.23. The van der Waals surface area contributed by atoms with E-state index < -0.39 is 0 Å². The molecular weight excluding hydrogens is 231 g/mol. The first-order valence-corrected chi connectivity index (χ1v) is 6.77. The number of hydrogen-bond acceptors (Lipinski definition) is 4. The molecule has 1 saturated heterocycles. The molecule has 100 valence electrons. The van der Waals surface area contributed by atoms with Gasteiger partial charge in [0, 0.05) is 13.1 Å². The summed E-state index contributed by atoms with van der Waals surface area (Å²) in [5.74, 6) is 0.0255. The number of likely N-dealkylation sites (tertiary alicyclic amines) is 1. The van der Waals surface area contributed by atoms with Gasteiger partial charge in [0.05, 0.1) is 5.69 Å². The van der Waals surface area contributed by atoms with E-state index in [4.69, 9.17) is 0 Å². The number of nitrogens with zero attached hydrogens (tertiary/aromatic N) is 3. The Morgan fingerprint density at radius 3 is 2.78 bits per heavy atom. The molecule has 1 aliphatic rings. The zero-order valence-corrected chi connectivity index (χ0v) is 11.0. The third-order valence-corrected chi connectivity index (χ3v) is 3.37. The van der Waals surface area contributed by atoms with Crippen LogP contribution in [0, 0.1) is 5.82 Å². The maximum atomic E-state index is 13.8. The van der Waals surface area contributed by atoms with Gasteiger partial charge < -0.3 is 10.2 Å². The summed E-state index contributed by atoms with van der Waals surface area (Å²) in [6.07, 6.45) is 5.91. The van der Waals surface area contributed by atoms with Crippen LogP contribution in [0.2, 0.25) is 0 Å². The molecule has 0 amide bonds. The highest BCUT2D eigenvalue weighted by atomic mass is 19.1. The summed E-state index contributed by atoms with van der Waals surface area (Å²) in [5.41, 5.74) is 0.477. The number of piperidine rings is 1. The molecule has 18 heavy (non-hydrogen) atoms. The lowest BCUT2D eigenvalue weighted by Gasteiger charge is -2.26. The summed E-state index contributed by atoms with van der Waals surface area (Å²) in [4.78, 5) is 10.3. The largest absolute Gasteiger partial charge is 0.366 e. The molecule has 0 saturated carbocycles. The van der Waals surface area contributed by atoms with E-state index in [1.807, 2.05) is 6.92 Å². The van der Waals surface area contributed by atoms with Crippen molar-refractivity contribution in [1.29, 1.82) is 0 Å². The zero-order chi connectivity index (χ0) is 12.8. The van der Waals surface area contributed by atoms with E-state index in [-0.39, 0.29) is 5.82 Å². The molecule has 0 unspecified atom stereocenters. The Morgan fingerprint density at radius 2 is 2.06 bits per heavy atom. The molecule has 1 aromatic heterocycles. The number of anilines is 1. The zero-order valence-electron chi connectivity index (χ0n) is 11.0. The molecule has 1 aliphatic heterocycles. The predicted octanol–water partition coefficient (Wildman–Crippen LogP) is 2.08. The minimum absolute atomic E-state index is 0.307. The predicted molar refractivity (Wildman–Crippen MR) is 70.1 cm³/mol. The van der Waals surface area contributed by atoms with Crippen molar-refractivity contribution >= 4 is 5.82 Å². The second-order valence-electron chi connectivity index (χ2n) is 4.67. The van der Waals surface area contributed by atoms with Crippen molar-refractivity contribution in [2.45, 2.75) is 32.6 Å². The van der Waals surface area contributed by atoms with Gasteiger partial charge in [-0.15, -0.1) is 0 Å². The highest BCUT2D eigenvalue weighted by Gasteiger charge is 2.11. The minimum Gasteiger partial charge on any atom is -0.366 e. The van der Waals surface area contributed by atoms with Gasteiger partial charge in [-0.2, -0.15) is 0 Å². The summed E-state index contributed by atoms with van der Waals surface area (Å²) in [5, 5.41) is 3.07. The first kappa shape index (κ1) is 13.2. The number of hydrogen-bond donors (Lipinski definition) is 1. The lowest BCUT2D eigenvalue weighted by molar-refractivity contribution is 0.237. The molecule has 4 nitrogen and oxygen atoms in total. The van der Waals surface area contributed by atoms with Crippen molar-refractivity contribution in [3.8, 4) is 0 Å². The van der Waals surface area contributed by atoms with Crippen LogP contribution in [0.25, 0.3) is 0 Å². The van der Waals surface area contributed by atoms with Gasteiger partial charge in [0.1, 0.15) is 6.33 Å². The van der Waals surface area contributed by atoms with Crippen molar-refractivity contribution in [2.24, 2.45) is 0 Å². The minimum atomic E-state index is -0.307. The number of nitrogens with one attached hydrogen (secondary N) is 1. The molecular formula is C13H21FN4. The van der Waals surface area contributed by atoms with E-state index in [1.54, 1.807) is 0 Å². The number of aryl methyl sites for hydroxylation is 1. The third kappa shape index (κ3) is 3.38. The van der Waals surface area contributed by atoms with Crippen LogP contribution in [0.15, 0.2) is 6.33 Å². The Labute approximate surface area is 108 Å². The second-order valence-corrected chi connectivity index (χ2v) is 4.67. The molecule has 1 N–H and O–H groups in total. The molecule has 1 fully saturated rings. The summed E-state index contributed by atoms with van der Waals surface area (Å²) < 4.78 is 13.8. The van der Waals surface area contributed by atoms with E-state index in [9.17, 15) is 4.39 Å². The van der Waals surface area contributed by atoms with Crippen LogP contribution in [0.5, 0.6) is 0 Å². The fourth-order valence-electron chi connectivity index (χ4n) is 2.29.